The highest BCUT2D eigenvalue weighted by Crippen LogP contribution is 2.28. The Balaban J connectivity index is 1.72. The maximum absolute atomic E-state index is 13.8. The summed E-state index contributed by atoms with van der Waals surface area (Å²) in [6.07, 6.45) is 8.53. The Morgan fingerprint density at radius 2 is 1.74 bits per heavy atom. The number of rotatable bonds is 8. The van der Waals surface area contributed by atoms with Gasteiger partial charge in [0.2, 0.25) is 5.91 Å². The van der Waals surface area contributed by atoms with E-state index in [1.807, 2.05) is 30.3 Å². The molecule has 2 amide bonds. The number of hydrogen-bond donors (Lipinski definition) is 1. The summed E-state index contributed by atoms with van der Waals surface area (Å²) in [5.74, 6) is 0.505. The van der Waals surface area contributed by atoms with Crippen molar-refractivity contribution in [1.29, 1.82) is 0 Å². The molecular formula is C28H33N3O3. The standard InChI is InChI=1S/C28H33N3O3/c1-20(2)21-13-15-22(16-14-21)26(27(32)30-23-9-4-3-5-10-23)31(19-24-11-8-18-34-24)28(33)25-12-6-7-17-29-25/h6-8,11-18,20,23,26H,3-5,9-10,19H2,1-2H3,(H,30,32)/t26-/m0/s1. The number of aromatic nitrogens is 1. The van der Waals surface area contributed by atoms with Gasteiger partial charge in [0.1, 0.15) is 17.5 Å². The Hall–Kier alpha value is -3.41. The highest BCUT2D eigenvalue weighted by atomic mass is 16.3. The van der Waals surface area contributed by atoms with Crippen molar-refractivity contribution in [1.82, 2.24) is 15.2 Å². The third kappa shape index (κ3) is 5.74. The van der Waals surface area contributed by atoms with Crippen molar-refractivity contribution in [2.45, 2.75) is 70.5 Å². The second-order valence-corrected chi connectivity index (χ2v) is 9.29. The van der Waals surface area contributed by atoms with E-state index in [0.717, 1.165) is 31.2 Å². The molecule has 0 bridgehead atoms. The molecule has 2 aromatic heterocycles. The van der Waals surface area contributed by atoms with Crippen molar-refractivity contribution < 1.29 is 14.0 Å². The average Bonchev–Trinajstić information content (AvgIpc) is 3.38. The lowest BCUT2D eigenvalue weighted by Crippen LogP contribution is -2.47. The summed E-state index contributed by atoms with van der Waals surface area (Å²) in [6.45, 7) is 4.43. The van der Waals surface area contributed by atoms with Crippen LogP contribution in [0.25, 0.3) is 0 Å². The largest absolute Gasteiger partial charge is 0.467 e. The first kappa shape index (κ1) is 23.7. The molecule has 34 heavy (non-hydrogen) atoms. The number of carbonyl (C=O) groups excluding carboxylic acids is 2. The van der Waals surface area contributed by atoms with E-state index in [2.05, 4.69) is 24.1 Å². The first-order chi connectivity index (χ1) is 16.5. The third-order valence-electron chi connectivity index (χ3n) is 6.48. The van der Waals surface area contributed by atoms with Gasteiger partial charge in [-0.3, -0.25) is 14.6 Å². The highest BCUT2D eigenvalue weighted by molar-refractivity contribution is 5.96. The van der Waals surface area contributed by atoms with Crippen molar-refractivity contribution in [3.05, 3.63) is 89.6 Å². The van der Waals surface area contributed by atoms with Crippen LogP contribution in [0, 0.1) is 0 Å². The fourth-order valence-electron chi connectivity index (χ4n) is 4.55. The second kappa shape index (κ2) is 11.1. The van der Waals surface area contributed by atoms with Crippen molar-refractivity contribution >= 4 is 11.8 Å². The van der Waals surface area contributed by atoms with Gasteiger partial charge in [-0.1, -0.05) is 63.4 Å². The predicted octanol–water partition coefficient (Wildman–Crippen LogP) is 5.63. The molecule has 0 spiro atoms. The Kier molecular flexibility index (Phi) is 7.78. The fourth-order valence-corrected chi connectivity index (χ4v) is 4.55. The monoisotopic (exact) mass is 459 g/mol. The number of pyridine rings is 1. The van der Waals surface area contributed by atoms with E-state index in [-0.39, 0.29) is 24.4 Å². The van der Waals surface area contributed by atoms with E-state index in [4.69, 9.17) is 4.42 Å². The minimum absolute atomic E-state index is 0.133. The molecule has 178 valence electrons. The normalized spacial score (nSPS) is 15.1. The third-order valence-corrected chi connectivity index (χ3v) is 6.48. The summed E-state index contributed by atoms with van der Waals surface area (Å²) in [6, 6.07) is 16.2. The maximum atomic E-state index is 13.8. The van der Waals surface area contributed by atoms with Gasteiger partial charge in [0.15, 0.2) is 0 Å². The Labute approximate surface area is 201 Å². The Morgan fingerprint density at radius 3 is 2.35 bits per heavy atom. The van der Waals surface area contributed by atoms with Gasteiger partial charge >= 0.3 is 0 Å². The number of amides is 2. The van der Waals surface area contributed by atoms with E-state index >= 15 is 0 Å². The lowest BCUT2D eigenvalue weighted by molar-refractivity contribution is -0.127. The molecule has 0 radical (unpaired) electrons. The summed E-state index contributed by atoms with van der Waals surface area (Å²) in [4.78, 5) is 33.3. The molecule has 0 unspecified atom stereocenters. The lowest BCUT2D eigenvalue weighted by atomic mass is 9.94. The molecule has 1 saturated carbocycles. The number of carbonyl (C=O) groups is 2. The van der Waals surface area contributed by atoms with E-state index in [1.54, 1.807) is 41.6 Å². The fraction of sp³-hybridized carbons (Fsp3) is 0.393. The summed E-state index contributed by atoms with van der Waals surface area (Å²) in [5.41, 5.74) is 2.25. The number of benzene rings is 1. The molecule has 6 heteroatoms. The van der Waals surface area contributed by atoms with E-state index in [9.17, 15) is 9.59 Å². The van der Waals surface area contributed by atoms with Gasteiger partial charge in [0.05, 0.1) is 12.8 Å². The summed E-state index contributed by atoms with van der Waals surface area (Å²) < 4.78 is 5.57. The molecular weight excluding hydrogens is 426 g/mol. The molecule has 1 aliphatic rings. The number of nitrogens with zero attached hydrogens (tertiary/aromatic N) is 2. The van der Waals surface area contributed by atoms with Crippen LogP contribution in [0.4, 0.5) is 0 Å². The second-order valence-electron chi connectivity index (χ2n) is 9.29. The van der Waals surface area contributed by atoms with Gasteiger partial charge in [0, 0.05) is 12.2 Å². The molecule has 1 aliphatic carbocycles. The van der Waals surface area contributed by atoms with Gasteiger partial charge < -0.3 is 14.6 Å². The molecule has 0 saturated heterocycles. The van der Waals surface area contributed by atoms with Crippen molar-refractivity contribution in [3.63, 3.8) is 0 Å². The zero-order valence-electron chi connectivity index (χ0n) is 19.9. The van der Waals surface area contributed by atoms with Gasteiger partial charge in [-0.15, -0.1) is 0 Å². The van der Waals surface area contributed by atoms with Crippen LogP contribution in [-0.2, 0) is 11.3 Å². The molecule has 4 rings (SSSR count). The molecule has 0 aliphatic heterocycles. The first-order valence-electron chi connectivity index (χ1n) is 12.2. The summed E-state index contributed by atoms with van der Waals surface area (Å²) in [7, 11) is 0. The van der Waals surface area contributed by atoms with Gasteiger partial charge in [-0.2, -0.15) is 0 Å². The maximum Gasteiger partial charge on any atom is 0.273 e. The Morgan fingerprint density at radius 1 is 1.00 bits per heavy atom. The van der Waals surface area contributed by atoms with Crippen molar-refractivity contribution in [2.24, 2.45) is 0 Å². The molecule has 3 aromatic rings. The van der Waals surface area contributed by atoms with Crippen LogP contribution in [0.2, 0.25) is 0 Å². The molecule has 2 heterocycles. The van der Waals surface area contributed by atoms with Gasteiger partial charge in [-0.25, -0.2) is 0 Å². The van der Waals surface area contributed by atoms with Crippen molar-refractivity contribution in [2.75, 3.05) is 0 Å². The predicted molar refractivity (Wildman–Crippen MR) is 131 cm³/mol. The Bertz CT molecular complexity index is 1060. The van der Waals surface area contributed by atoms with Gasteiger partial charge in [-0.05, 0) is 54.2 Å². The quantitative estimate of drug-likeness (QED) is 0.474. The number of hydrogen-bond acceptors (Lipinski definition) is 4. The zero-order valence-corrected chi connectivity index (χ0v) is 19.9. The SMILES string of the molecule is CC(C)c1ccc([C@@H](C(=O)NC2CCCCC2)N(Cc2ccco2)C(=O)c2ccccn2)cc1. The topological polar surface area (TPSA) is 75.4 Å². The average molecular weight is 460 g/mol. The van der Waals surface area contributed by atoms with Crippen LogP contribution < -0.4 is 5.32 Å². The smallest absolute Gasteiger partial charge is 0.273 e. The molecule has 1 fully saturated rings. The van der Waals surface area contributed by atoms with Crippen molar-refractivity contribution in [3.8, 4) is 0 Å². The first-order valence-corrected chi connectivity index (χ1v) is 12.2. The number of furan rings is 1. The molecule has 1 atom stereocenters. The molecule has 1 aromatic carbocycles. The van der Waals surface area contributed by atoms with Crippen LogP contribution in [0.5, 0.6) is 0 Å². The lowest BCUT2D eigenvalue weighted by Gasteiger charge is -2.33. The van der Waals surface area contributed by atoms with E-state index in [0.29, 0.717) is 17.4 Å². The summed E-state index contributed by atoms with van der Waals surface area (Å²) in [5, 5.41) is 3.24. The number of nitrogens with one attached hydrogen (secondary N) is 1. The van der Waals surface area contributed by atoms with Crippen LogP contribution in [-0.4, -0.2) is 27.7 Å². The molecule has 6 nitrogen and oxygen atoms in total. The van der Waals surface area contributed by atoms with Gasteiger partial charge in [0.25, 0.3) is 5.91 Å². The highest BCUT2D eigenvalue weighted by Gasteiger charge is 2.34. The minimum atomic E-state index is -0.803. The van der Waals surface area contributed by atoms with Crippen LogP contribution in [0.1, 0.15) is 85.3 Å². The van der Waals surface area contributed by atoms with Crippen LogP contribution >= 0.6 is 0 Å². The summed E-state index contributed by atoms with van der Waals surface area (Å²) >= 11 is 0. The van der Waals surface area contributed by atoms with Crippen LogP contribution in [0.3, 0.4) is 0 Å². The zero-order chi connectivity index (χ0) is 23.9. The van der Waals surface area contributed by atoms with E-state index in [1.165, 1.54) is 12.0 Å². The van der Waals surface area contributed by atoms with Crippen LogP contribution in [0.15, 0.2) is 71.5 Å². The molecule has 1 N–H and O–H groups in total. The minimum Gasteiger partial charge on any atom is -0.467 e. The van der Waals surface area contributed by atoms with E-state index < -0.39 is 6.04 Å².